The van der Waals surface area contributed by atoms with E-state index in [1.807, 2.05) is 45.2 Å². The van der Waals surface area contributed by atoms with E-state index in [0.29, 0.717) is 29.8 Å². The van der Waals surface area contributed by atoms with Crippen molar-refractivity contribution < 1.29 is 9.59 Å². The smallest absolute Gasteiger partial charge is 0.274 e. The predicted octanol–water partition coefficient (Wildman–Crippen LogP) is 5.07. The molecule has 1 atom stereocenters. The number of carbonyl (C=O) groups is 2. The Morgan fingerprint density at radius 2 is 1.97 bits per heavy atom. The number of hydrogen-bond acceptors (Lipinski definition) is 7. The number of nitrogens with zero attached hydrogens (tertiary/aromatic N) is 4. The third-order valence-corrected chi connectivity index (χ3v) is 7.70. The Bertz CT molecular complexity index is 1220. The van der Waals surface area contributed by atoms with Crippen LogP contribution < -0.4 is 10.6 Å². The highest BCUT2D eigenvalue weighted by Crippen LogP contribution is 2.40. The second kappa shape index (κ2) is 10.5. The molecule has 2 N–H and O–H groups in total. The molecule has 1 aliphatic heterocycles. The lowest BCUT2D eigenvalue weighted by Crippen LogP contribution is -2.63. The van der Waals surface area contributed by atoms with Crippen LogP contribution >= 0.6 is 22.9 Å². The van der Waals surface area contributed by atoms with E-state index in [4.69, 9.17) is 11.6 Å². The van der Waals surface area contributed by atoms with Crippen LogP contribution in [0.1, 0.15) is 69.1 Å². The number of thiophene rings is 1. The first-order valence-electron chi connectivity index (χ1n) is 12.0. The van der Waals surface area contributed by atoms with Gasteiger partial charge in [-0.15, -0.1) is 11.3 Å². The number of nitrogens with one attached hydrogen (secondary N) is 2. The summed E-state index contributed by atoms with van der Waals surface area (Å²) in [6.07, 6.45) is 6.29. The molecule has 1 saturated heterocycles. The Morgan fingerprint density at radius 3 is 2.63 bits per heavy atom. The second-order valence-corrected chi connectivity index (χ2v) is 10.5. The minimum absolute atomic E-state index is 0.00696. The highest BCUT2D eigenvalue weighted by molar-refractivity contribution is 7.17. The molecule has 1 unspecified atom stereocenters. The zero-order valence-electron chi connectivity index (χ0n) is 20.5. The Morgan fingerprint density at radius 1 is 1.23 bits per heavy atom. The summed E-state index contributed by atoms with van der Waals surface area (Å²) >= 11 is 7.51. The fraction of sp³-hybridized carbons (Fsp3) is 0.480. The number of pyridine rings is 1. The summed E-state index contributed by atoms with van der Waals surface area (Å²) < 4.78 is 0.761. The molecule has 3 aromatic rings. The number of aromatic nitrogens is 3. The van der Waals surface area contributed by atoms with Crippen molar-refractivity contribution in [2.24, 2.45) is 5.41 Å². The summed E-state index contributed by atoms with van der Waals surface area (Å²) in [5, 5.41) is 8.81. The Kier molecular flexibility index (Phi) is 7.56. The van der Waals surface area contributed by atoms with Gasteiger partial charge in [0.25, 0.3) is 5.91 Å². The molecular formula is C25H31ClN6O2S. The normalized spacial score (nSPS) is 17.5. The van der Waals surface area contributed by atoms with E-state index in [1.165, 1.54) is 11.3 Å². The van der Waals surface area contributed by atoms with Gasteiger partial charge in [-0.1, -0.05) is 38.8 Å². The lowest BCUT2D eigenvalue weighted by molar-refractivity contribution is -0.136. The third kappa shape index (κ3) is 5.26. The zero-order valence-corrected chi connectivity index (χ0v) is 22.0. The highest BCUT2D eigenvalue weighted by atomic mass is 35.5. The maximum absolute atomic E-state index is 13.3. The zero-order chi connectivity index (χ0) is 25.2. The van der Waals surface area contributed by atoms with Gasteiger partial charge in [-0.05, 0) is 42.8 Å². The van der Waals surface area contributed by atoms with Crippen LogP contribution in [0.25, 0.3) is 10.2 Å². The van der Waals surface area contributed by atoms with Crippen LogP contribution in [-0.4, -0.2) is 50.8 Å². The predicted molar refractivity (Wildman–Crippen MR) is 140 cm³/mol. The van der Waals surface area contributed by atoms with E-state index < -0.39 is 0 Å². The molecule has 2 aliphatic rings. The fourth-order valence-electron chi connectivity index (χ4n) is 4.19. The van der Waals surface area contributed by atoms with Crippen molar-refractivity contribution in [1.82, 2.24) is 25.2 Å². The number of carbonyl (C=O) groups excluding carboxylic acids is 2. The average molecular weight is 515 g/mol. The Labute approximate surface area is 214 Å². The molecule has 0 aromatic carbocycles. The SMILES string of the molecule is CC.CC(Nc1nc(C(=O)N2CC(NC(=O)C3(C)CCC3)C2)c2sccc2n1)c1cncc(Cl)c1. The molecule has 1 saturated carbocycles. The second-order valence-electron chi connectivity index (χ2n) is 9.13. The topological polar surface area (TPSA) is 100 Å². The average Bonchev–Trinajstić information content (AvgIpc) is 3.28. The van der Waals surface area contributed by atoms with Gasteiger partial charge in [0.05, 0.1) is 27.3 Å². The number of fused-ring (bicyclic) bond motifs is 1. The van der Waals surface area contributed by atoms with Crippen molar-refractivity contribution in [1.29, 1.82) is 0 Å². The van der Waals surface area contributed by atoms with E-state index in [-0.39, 0.29) is 29.3 Å². The first-order chi connectivity index (χ1) is 16.8. The first-order valence-corrected chi connectivity index (χ1v) is 13.3. The first kappa shape index (κ1) is 25.3. The van der Waals surface area contributed by atoms with E-state index in [2.05, 4.69) is 25.6 Å². The molecule has 0 bridgehead atoms. The minimum Gasteiger partial charge on any atom is -0.349 e. The lowest BCUT2D eigenvalue weighted by atomic mass is 9.69. The van der Waals surface area contributed by atoms with Gasteiger partial charge in [-0.2, -0.15) is 0 Å². The summed E-state index contributed by atoms with van der Waals surface area (Å²) in [4.78, 5) is 40.7. The van der Waals surface area contributed by atoms with Crippen LogP contribution in [0.15, 0.2) is 29.9 Å². The third-order valence-electron chi connectivity index (χ3n) is 6.59. The molecule has 8 nitrogen and oxygen atoms in total. The van der Waals surface area contributed by atoms with Crippen molar-refractivity contribution in [2.45, 2.75) is 59.0 Å². The molecule has 3 aromatic heterocycles. The standard InChI is InChI=1S/C23H25ClN6O2S.C2H6/c1-13(14-8-15(24)10-25-9-14)26-22-28-17-4-7-33-19(17)18(29-22)20(31)30-11-16(12-30)27-21(32)23(2)5-3-6-23;1-2/h4,7-10,13,16H,3,5-6,11-12H2,1-2H3,(H,27,32)(H,26,28,29);1-2H3. The largest absolute Gasteiger partial charge is 0.349 e. The van der Waals surface area contributed by atoms with Gasteiger partial charge in [-0.25, -0.2) is 9.97 Å². The highest BCUT2D eigenvalue weighted by Gasteiger charge is 2.42. The van der Waals surface area contributed by atoms with Gasteiger partial charge in [-0.3, -0.25) is 14.6 Å². The van der Waals surface area contributed by atoms with E-state index in [1.54, 1.807) is 17.3 Å². The number of amides is 2. The summed E-state index contributed by atoms with van der Waals surface area (Å²) in [6, 6.07) is 3.56. The summed E-state index contributed by atoms with van der Waals surface area (Å²) in [5.74, 6) is 0.329. The van der Waals surface area contributed by atoms with Crippen LogP contribution in [0.5, 0.6) is 0 Å². The van der Waals surface area contributed by atoms with Crippen LogP contribution in [0.4, 0.5) is 5.95 Å². The van der Waals surface area contributed by atoms with Gasteiger partial charge in [0.2, 0.25) is 11.9 Å². The molecule has 35 heavy (non-hydrogen) atoms. The monoisotopic (exact) mass is 514 g/mol. The van der Waals surface area contributed by atoms with Crippen molar-refractivity contribution in [3.63, 3.8) is 0 Å². The molecule has 0 radical (unpaired) electrons. The lowest BCUT2D eigenvalue weighted by Gasteiger charge is -2.43. The quantitative estimate of drug-likeness (QED) is 0.476. The Hall–Kier alpha value is -2.78. The summed E-state index contributed by atoms with van der Waals surface area (Å²) in [6.45, 7) is 8.95. The summed E-state index contributed by atoms with van der Waals surface area (Å²) in [7, 11) is 0. The van der Waals surface area contributed by atoms with Crippen molar-refractivity contribution in [3.8, 4) is 0 Å². The van der Waals surface area contributed by atoms with E-state index >= 15 is 0 Å². The van der Waals surface area contributed by atoms with E-state index in [0.717, 1.165) is 35.0 Å². The number of hydrogen-bond donors (Lipinski definition) is 2. The van der Waals surface area contributed by atoms with Crippen molar-refractivity contribution in [2.75, 3.05) is 18.4 Å². The maximum atomic E-state index is 13.3. The molecule has 2 amide bonds. The van der Waals surface area contributed by atoms with E-state index in [9.17, 15) is 9.59 Å². The van der Waals surface area contributed by atoms with Gasteiger partial charge in [0.15, 0.2) is 5.69 Å². The fourth-order valence-corrected chi connectivity index (χ4v) is 5.19. The molecule has 10 heteroatoms. The molecule has 186 valence electrons. The molecular weight excluding hydrogens is 484 g/mol. The van der Waals surface area contributed by atoms with Crippen LogP contribution in [0.3, 0.4) is 0 Å². The molecule has 4 heterocycles. The molecule has 2 fully saturated rings. The van der Waals surface area contributed by atoms with Crippen molar-refractivity contribution >= 4 is 50.9 Å². The maximum Gasteiger partial charge on any atom is 0.274 e. The minimum atomic E-state index is -0.240. The van der Waals surface area contributed by atoms with Crippen LogP contribution in [0.2, 0.25) is 5.02 Å². The number of likely N-dealkylation sites (tertiary alicyclic amines) is 1. The molecule has 5 rings (SSSR count). The number of halogens is 1. The number of rotatable bonds is 6. The van der Waals surface area contributed by atoms with Gasteiger partial charge in [0.1, 0.15) is 0 Å². The van der Waals surface area contributed by atoms with Gasteiger partial charge in [0, 0.05) is 30.9 Å². The van der Waals surface area contributed by atoms with Crippen LogP contribution in [-0.2, 0) is 4.79 Å². The summed E-state index contributed by atoms with van der Waals surface area (Å²) in [5.41, 5.74) is 1.76. The molecule has 1 aliphatic carbocycles. The van der Waals surface area contributed by atoms with Gasteiger partial charge < -0.3 is 15.5 Å². The Balaban J connectivity index is 0.00000141. The van der Waals surface area contributed by atoms with Crippen molar-refractivity contribution in [3.05, 3.63) is 46.2 Å². The molecule has 0 spiro atoms. The van der Waals surface area contributed by atoms with Gasteiger partial charge >= 0.3 is 0 Å². The van der Waals surface area contributed by atoms with Crippen LogP contribution in [0, 0.1) is 5.41 Å². The number of anilines is 1.